The summed E-state index contributed by atoms with van der Waals surface area (Å²) in [5.74, 6) is 0.797. The van der Waals surface area contributed by atoms with Crippen molar-refractivity contribution in [2.24, 2.45) is 0 Å². The van der Waals surface area contributed by atoms with Gasteiger partial charge >= 0.3 is 6.09 Å². The first-order valence-electron chi connectivity index (χ1n) is 11.8. The van der Waals surface area contributed by atoms with E-state index in [9.17, 15) is 9.90 Å². The van der Waals surface area contributed by atoms with Gasteiger partial charge in [-0.1, -0.05) is 48.0 Å². The molecule has 0 heterocycles. The molecule has 0 aliphatic heterocycles. The van der Waals surface area contributed by atoms with Crippen molar-refractivity contribution in [1.82, 2.24) is 5.32 Å². The summed E-state index contributed by atoms with van der Waals surface area (Å²) in [6, 6.07) is 20.7. The number of rotatable bonds is 8. The highest BCUT2D eigenvalue weighted by Gasteiger charge is 2.27. The normalized spacial score (nSPS) is 12.6. The van der Waals surface area contributed by atoms with Gasteiger partial charge in [-0.15, -0.1) is 0 Å². The Morgan fingerprint density at radius 1 is 1.00 bits per heavy atom. The standard InChI is InChI=1S/C29H35ClN2O4/c1-28(2,3)36-27(34)32-29(4,5)21-9-7-8-20(16-21)26(33)24-17-22(30)12-15-25(24)31-18-19-10-13-23(35-6)14-11-19/h7-17,26,31,33H,18H2,1-6H3,(H,32,34). The molecule has 0 bridgehead atoms. The van der Waals surface area contributed by atoms with Crippen LogP contribution >= 0.6 is 11.6 Å². The number of carbonyl (C=O) groups is 1. The van der Waals surface area contributed by atoms with Crippen LogP contribution in [-0.2, 0) is 16.8 Å². The van der Waals surface area contributed by atoms with Crippen LogP contribution in [0.5, 0.6) is 5.75 Å². The van der Waals surface area contributed by atoms with E-state index in [2.05, 4.69) is 10.6 Å². The second-order valence-corrected chi connectivity index (χ2v) is 10.6. The van der Waals surface area contributed by atoms with Gasteiger partial charge in [0.15, 0.2) is 0 Å². The Labute approximate surface area is 218 Å². The van der Waals surface area contributed by atoms with Crippen molar-refractivity contribution in [2.45, 2.75) is 58.4 Å². The van der Waals surface area contributed by atoms with Gasteiger partial charge in [0.25, 0.3) is 0 Å². The van der Waals surface area contributed by atoms with Crippen LogP contribution in [0.1, 0.15) is 63.0 Å². The van der Waals surface area contributed by atoms with Crippen molar-refractivity contribution in [3.63, 3.8) is 0 Å². The van der Waals surface area contributed by atoms with E-state index in [4.69, 9.17) is 21.1 Å². The van der Waals surface area contributed by atoms with Gasteiger partial charge in [0.1, 0.15) is 17.5 Å². The molecule has 192 valence electrons. The van der Waals surface area contributed by atoms with Gasteiger partial charge < -0.3 is 25.2 Å². The van der Waals surface area contributed by atoms with Crippen LogP contribution in [0.15, 0.2) is 66.7 Å². The molecule has 0 saturated heterocycles. The summed E-state index contributed by atoms with van der Waals surface area (Å²) in [6.07, 6.45) is -1.43. The largest absolute Gasteiger partial charge is 0.497 e. The minimum Gasteiger partial charge on any atom is -0.497 e. The predicted molar refractivity (Wildman–Crippen MR) is 145 cm³/mol. The maximum absolute atomic E-state index is 12.4. The Morgan fingerprint density at radius 3 is 2.33 bits per heavy atom. The molecule has 3 rings (SSSR count). The van der Waals surface area contributed by atoms with Crippen LogP contribution in [-0.4, -0.2) is 23.9 Å². The molecular formula is C29H35ClN2O4. The number of amides is 1. The molecule has 0 aromatic heterocycles. The second kappa shape index (κ2) is 11.2. The van der Waals surface area contributed by atoms with Crippen molar-refractivity contribution < 1.29 is 19.4 Å². The van der Waals surface area contributed by atoms with E-state index in [1.807, 2.05) is 89.2 Å². The lowest BCUT2D eigenvalue weighted by atomic mass is 9.90. The fraction of sp³-hybridized carbons (Fsp3) is 0.345. The molecule has 3 aromatic carbocycles. The summed E-state index contributed by atoms with van der Waals surface area (Å²) in [5, 5.41) is 18.2. The number of hydrogen-bond acceptors (Lipinski definition) is 5. The van der Waals surface area contributed by atoms with Crippen molar-refractivity contribution in [1.29, 1.82) is 0 Å². The highest BCUT2D eigenvalue weighted by atomic mass is 35.5. The average Bonchev–Trinajstić information content (AvgIpc) is 2.81. The summed E-state index contributed by atoms with van der Waals surface area (Å²) in [5.41, 5.74) is 2.71. The molecular weight excluding hydrogens is 476 g/mol. The molecule has 0 radical (unpaired) electrons. The Bertz CT molecular complexity index is 1190. The zero-order valence-corrected chi connectivity index (χ0v) is 22.4. The zero-order valence-electron chi connectivity index (χ0n) is 21.7. The van der Waals surface area contributed by atoms with Gasteiger partial charge in [-0.05, 0) is 81.6 Å². The first kappa shape index (κ1) is 27.4. The number of ether oxygens (including phenoxy) is 2. The third-order valence-corrected chi connectivity index (χ3v) is 5.92. The summed E-state index contributed by atoms with van der Waals surface area (Å²) in [6.45, 7) is 9.82. The maximum Gasteiger partial charge on any atom is 0.408 e. The molecule has 0 aliphatic rings. The molecule has 3 aromatic rings. The number of alkyl carbamates (subject to hydrolysis) is 1. The van der Waals surface area contributed by atoms with E-state index in [0.717, 1.165) is 22.6 Å². The zero-order chi connectivity index (χ0) is 26.5. The fourth-order valence-corrected chi connectivity index (χ4v) is 3.95. The summed E-state index contributed by atoms with van der Waals surface area (Å²) >= 11 is 6.30. The Balaban J connectivity index is 1.82. The van der Waals surface area contributed by atoms with E-state index < -0.39 is 23.3 Å². The Kier molecular flexibility index (Phi) is 8.54. The minimum atomic E-state index is -0.931. The topological polar surface area (TPSA) is 79.8 Å². The molecule has 7 heteroatoms. The number of carbonyl (C=O) groups excluding carboxylic acids is 1. The van der Waals surface area contributed by atoms with E-state index in [-0.39, 0.29) is 0 Å². The quantitative estimate of drug-likeness (QED) is 0.310. The molecule has 3 N–H and O–H groups in total. The summed E-state index contributed by atoms with van der Waals surface area (Å²) in [7, 11) is 1.64. The molecule has 0 spiro atoms. The lowest BCUT2D eigenvalue weighted by Gasteiger charge is -2.30. The SMILES string of the molecule is COc1ccc(CNc2ccc(Cl)cc2C(O)c2cccc(C(C)(C)NC(=O)OC(C)(C)C)c2)cc1. The van der Waals surface area contributed by atoms with Gasteiger partial charge in [0.2, 0.25) is 0 Å². The molecule has 36 heavy (non-hydrogen) atoms. The lowest BCUT2D eigenvalue weighted by Crippen LogP contribution is -2.43. The average molecular weight is 511 g/mol. The number of methoxy groups -OCH3 is 1. The van der Waals surface area contributed by atoms with Crippen LogP contribution in [0.4, 0.5) is 10.5 Å². The first-order chi connectivity index (χ1) is 16.9. The van der Waals surface area contributed by atoms with Crippen LogP contribution < -0.4 is 15.4 Å². The maximum atomic E-state index is 12.4. The molecule has 0 fully saturated rings. The summed E-state index contributed by atoms with van der Waals surface area (Å²) < 4.78 is 10.6. The van der Waals surface area contributed by atoms with E-state index in [1.165, 1.54) is 0 Å². The van der Waals surface area contributed by atoms with Gasteiger partial charge in [0, 0.05) is 22.8 Å². The highest BCUT2D eigenvalue weighted by molar-refractivity contribution is 6.30. The van der Waals surface area contributed by atoms with Crippen LogP contribution in [0.25, 0.3) is 0 Å². The second-order valence-electron chi connectivity index (χ2n) is 10.2. The number of aliphatic hydroxyl groups excluding tert-OH is 1. The Hall–Kier alpha value is -3.22. The van der Waals surface area contributed by atoms with Crippen molar-refractivity contribution in [3.8, 4) is 5.75 Å². The molecule has 0 saturated carbocycles. The smallest absolute Gasteiger partial charge is 0.408 e. The van der Waals surface area contributed by atoms with Crippen molar-refractivity contribution >= 4 is 23.4 Å². The predicted octanol–water partition coefficient (Wildman–Crippen LogP) is 6.80. The van der Waals surface area contributed by atoms with Crippen LogP contribution in [0.2, 0.25) is 5.02 Å². The monoisotopic (exact) mass is 510 g/mol. The number of nitrogens with one attached hydrogen (secondary N) is 2. The molecule has 0 aliphatic carbocycles. The summed E-state index contributed by atoms with van der Waals surface area (Å²) in [4.78, 5) is 12.4. The molecule has 1 unspecified atom stereocenters. The third-order valence-electron chi connectivity index (χ3n) is 5.69. The van der Waals surface area contributed by atoms with Crippen molar-refractivity contribution in [3.05, 3.63) is 94.0 Å². The minimum absolute atomic E-state index is 0.502. The first-order valence-corrected chi connectivity index (χ1v) is 12.2. The van der Waals surface area contributed by atoms with Gasteiger partial charge in [-0.3, -0.25) is 0 Å². The third kappa shape index (κ3) is 7.39. The highest BCUT2D eigenvalue weighted by Crippen LogP contribution is 2.33. The Morgan fingerprint density at radius 2 is 1.69 bits per heavy atom. The molecule has 6 nitrogen and oxygen atoms in total. The van der Waals surface area contributed by atoms with Gasteiger partial charge in [0.05, 0.1) is 12.6 Å². The number of anilines is 1. The fourth-order valence-electron chi connectivity index (χ4n) is 3.77. The lowest BCUT2D eigenvalue weighted by molar-refractivity contribution is 0.0470. The number of hydrogen-bond donors (Lipinski definition) is 3. The van der Waals surface area contributed by atoms with E-state index in [1.54, 1.807) is 19.2 Å². The van der Waals surface area contributed by atoms with Crippen molar-refractivity contribution in [2.75, 3.05) is 12.4 Å². The van der Waals surface area contributed by atoms with Gasteiger partial charge in [-0.25, -0.2) is 4.79 Å². The van der Waals surface area contributed by atoms with Crippen LogP contribution in [0.3, 0.4) is 0 Å². The number of benzene rings is 3. The van der Waals surface area contributed by atoms with Gasteiger partial charge in [-0.2, -0.15) is 0 Å². The van der Waals surface area contributed by atoms with E-state index >= 15 is 0 Å². The van der Waals surface area contributed by atoms with E-state index in [0.29, 0.717) is 22.7 Å². The molecule has 1 atom stereocenters. The number of aliphatic hydroxyl groups is 1. The number of halogens is 1. The molecule has 1 amide bonds. The van der Waals surface area contributed by atoms with Crippen LogP contribution in [0, 0.1) is 0 Å².